The fourth-order valence-corrected chi connectivity index (χ4v) is 2.87. The summed E-state index contributed by atoms with van der Waals surface area (Å²) in [5.41, 5.74) is 3.20. The fraction of sp³-hybridized carbons (Fsp3) is 0.400. The lowest BCUT2D eigenvalue weighted by Gasteiger charge is -2.17. The molecule has 2 aromatic rings. The van der Waals surface area contributed by atoms with Gasteiger partial charge < -0.3 is 5.32 Å². The predicted molar refractivity (Wildman–Crippen MR) is 100 cm³/mol. The Bertz CT molecular complexity index is 790. The largest absolute Gasteiger partial charge is 0.321 e. The monoisotopic (exact) mass is 343 g/mol. The van der Waals surface area contributed by atoms with E-state index in [0.29, 0.717) is 17.3 Å². The number of aryl methyl sites for hydroxylation is 2. The Labute approximate surface area is 148 Å². The topological polar surface area (TPSA) is 46.9 Å². The third-order valence-corrected chi connectivity index (χ3v) is 4.14. The molecule has 0 aliphatic heterocycles. The maximum Gasteiger partial charge on any atom is 0.262 e. The van der Waals surface area contributed by atoms with Gasteiger partial charge in [-0.1, -0.05) is 51.5 Å². The molecular formula is C20H26FN3O. The predicted octanol–water partition coefficient (Wildman–Crippen LogP) is 4.96. The molecule has 0 bridgehead atoms. The molecule has 0 saturated heterocycles. The van der Waals surface area contributed by atoms with Gasteiger partial charge in [-0.25, -0.2) is 4.68 Å². The second-order valence-electron chi connectivity index (χ2n) is 6.48. The number of nitrogens with one attached hydrogen (secondary N) is 1. The fourth-order valence-electron chi connectivity index (χ4n) is 2.87. The molecule has 0 unspecified atom stereocenters. The molecule has 0 spiro atoms. The van der Waals surface area contributed by atoms with Gasteiger partial charge in [0, 0.05) is 18.3 Å². The number of anilines is 1. The molecule has 1 aromatic carbocycles. The number of rotatable bonds is 6. The molecule has 1 amide bonds. The molecule has 25 heavy (non-hydrogen) atoms. The lowest BCUT2D eigenvalue weighted by atomic mass is 9.92. The smallest absolute Gasteiger partial charge is 0.262 e. The minimum absolute atomic E-state index is 0.0130. The summed E-state index contributed by atoms with van der Waals surface area (Å²) in [6.07, 6.45) is 4.25. The van der Waals surface area contributed by atoms with Crippen LogP contribution in [0.5, 0.6) is 0 Å². The van der Waals surface area contributed by atoms with Crippen molar-refractivity contribution in [1.82, 2.24) is 9.78 Å². The van der Waals surface area contributed by atoms with Gasteiger partial charge in [-0.2, -0.15) is 9.49 Å². The van der Waals surface area contributed by atoms with Gasteiger partial charge in [-0.05, 0) is 30.9 Å². The second-order valence-corrected chi connectivity index (χ2v) is 6.48. The van der Waals surface area contributed by atoms with Gasteiger partial charge in [0.25, 0.3) is 5.91 Å². The van der Waals surface area contributed by atoms with Gasteiger partial charge in [-0.3, -0.25) is 4.79 Å². The Hall–Kier alpha value is -2.43. The van der Waals surface area contributed by atoms with Crippen molar-refractivity contribution in [3.63, 3.8) is 0 Å². The van der Waals surface area contributed by atoms with E-state index in [-0.39, 0.29) is 5.56 Å². The van der Waals surface area contributed by atoms with Gasteiger partial charge in [0.15, 0.2) is 0 Å². The van der Waals surface area contributed by atoms with Crippen molar-refractivity contribution in [1.29, 1.82) is 0 Å². The molecule has 1 N–H and O–H groups in total. The number of allylic oxidation sites excluding steroid dienone is 2. The molecule has 0 fully saturated rings. The first-order valence-electron chi connectivity index (χ1n) is 8.66. The number of aromatic nitrogens is 2. The normalized spacial score (nSPS) is 11.9. The van der Waals surface area contributed by atoms with Crippen molar-refractivity contribution in [2.45, 2.75) is 40.5 Å². The summed E-state index contributed by atoms with van der Waals surface area (Å²) in [5, 5.41) is 6.83. The van der Waals surface area contributed by atoms with Crippen molar-refractivity contribution < 1.29 is 9.18 Å². The zero-order valence-electron chi connectivity index (χ0n) is 15.6. The Morgan fingerprint density at radius 2 is 2.04 bits per heavy atom. The van der Waals surface area contributed by atoms with E-state index in [9.17, 15) is 9.18 Å². The molecule has 0 aliphatic rings. The quantitative estimate of drug-likeness (QED) is 0.806. The number of hydrogen-bond donors (Lipinski definition) is 1. The molecule has 0 radical (unpaired) electrons. The number of amides is 1. The highest BCUT2D eigenvalue weighted by Gasteiger charge is 2.21. The van der Waals surface area contributed by atoms with E-state index in [2.05, 4.69) is 37.3 Å². The van der Waals surface area contributed by atoms with E-state index in [1.807, 2.05) is 24.3 Å². The molecule has 0 saturated carbocycles. The maximum absolute atomic E-state index is 14.2. The van der Waals surface area contributed by atoms with Gasteiger partial charge in [0.1, 0.15) is 5.56 Å². The zero-order valence-corrected chi connectivity index (χ0v) is 15.6. The lowest BCUT2D eigenvalue weighted by molar-refractivity contribution is 0.102. The Kier molecular flexibility index (Phi) is 6.12. The summed E-state index contributed by atoms with van der Waals surface area (Å²) >= 11 is 0. The number of carbonyl (C=O) groups excluding carboxylic acids is 1. The highest BCUT2D eigenvalue weighted by Crippen LogP contribution is 2.30. The average molecular weight is 343 g/mol. The molecule has 1 aromatic heterocycles. The van der Waals surface area contributed by atoms with Gasteiger partial charge in [0.2, 0.25) is 5.95 Å². The summed E-state index contributed by atoms with van der Waals surface area (Å²) in [4.78, 5) is 12.6. The Morgan fingerprint density at radius 1 is 1.36 bits per heavy atom. The summed E-state index contributed by atoms with van der Waals surface area (Å²) < 4.78 is 15.2. The first-order chi connectivity index (χ1) is 11.9. The molecular weight excluding hydrogens is 317 g/mol. The minimum Gasteiger partial charge on any atom is -0.321 e. The van der Waals surface area contributed by atoms with Crippen molar-refractivity contribution in [2.75, 3.05) is 5.32 Å². The van der Waals surface area contributed by atoms with Gasteiger partial charge in [-0.15, -0.1) is 0 Å². The van der Waals surface area contributed by atoms with Crippen LogP contribution in [0, 0.1) is 18.8 Å². The van der Waals surface area contributed by atoms with Crippen LogP contribution < -0.4 is 5.32 Å². The van der Waals surface area contributed by atoms with E-state index in [0.717, 1.165) is 23.1 Å². The summed E-state index contributed by atoms with van der Waals surface area (Å²) in [7, 11) is 1.48. The third-order valence-electron chi connectivity index (χ3n) is 4.14. The summed E-state index contributed by atoms with van der Waals surface area (Å²) in [5.74, 6) is -0.784. The third kappa shape index (κ3) is 4.16. The van der Waals surface area contributed by atoms with Crippen molar-refractivity contribution in [2.24, 2.45) is 13.0 Å². The van der Waals surface area contributed by atoms with Crippen LogP contribution in [0.15, 0.2) is 30.3 Å². The maximum atomic E-state index is 14.2. The van der Waals surface area contributed by atoms with E-state index >= 15 is 0 Å². The number of nitrogens with zero attached hydrogens (tertiary/aromatic N) is 2. The van der Waals surface area contributed by atoms with Gasteiger partial charge >= 0.3 is 0 Å². The minimum atomic E-state index is -0.627. The van der Waals surface area contributed by atoms with Crippen LogP contribution in [-0.4, -0.2) is 15.7 Å². The van der Waals surface area contributed by atoms with E-state index in [1.54, 1.807) is 6.92 Å². The number of carbonyl (C=O) groups is 1. The standard InChI is InChI=1S/C20H26FN3O/c1-6-7-10-15(13(2)3)16-11-8-9-12-17(16)22-20(25)18-14(4)23-24(5)19(18)21/h8-13H,6-7H2,1-5H3,(H,22,25). The molecule has 134 valence electrons. The number of unbranched alkanes of at least 4 members (excludes halogenated alkanes) is 1. The van der Waals surface area contributed by atoms with Crippen LogP contribution in [-0.2, 0) is 7.05 Å². The van der Waals surface area contributed by atoms with Crippen molar-refractivity contribution >= 4 is 17.2 Å². The SMILES string of the molecule is CCCC=C(c1ccccc1NC(=O)c1c(C)nn(C)c1F)C(C)C. The van der Waals surface area contributed by atoms with E-state index in [1.165, 1.54) is 12.6 Å². The number of hydrogen-bond acceptors (Lipinski definition) is 2. The van der Waals surface area contributed by atoms with Crippen molar-refractivity contribution in [3.8, 4) is 0 Å². The van der Waals surface area contributed by atoms with E-state index < -0.39 is 11.9 Å². The lowest BCUT2D eigenvalue weighted by Crippen LogP contribution is -2.16. The zero-order chi connectivity index (χ0) is 18.6. The van der Waals surface area contributed by atoms with Crippen LogP contribution in [0.1, 0.15) is 55.2 Å². The average Bonchev–Trinajstić information content (AvgIpc) is 2.81. The highest BCUT2D eigenvalue weighted by molar-refractivity contribution is 6.06. The number of halogens is 1. The van der Waals surface area contributed by atoms with Crippen LogP contribution in [0.2, 0.25) is 0 Å². The van der Waals surface area contributed by atoms with Crippen molar-refractivity contribution in [3.05, 3.63) is 53.1 Å². The van der Waals surface area contributed by atoms with Crippen LogP contribution in [0.4, 0.5) is 10.1 Å². The second kappa shape index (κ2) is 8.10. The Balaban J connectivity index is 2.39. The number of benzene rings is 1. The summed E-state index contributed by atoms with van der Waals surface area (Å²) in [6, 6.07) is 7.65. The highest BCUT2D eigenvalue weighted by atomic mass is 19.1. The number of para-hydroxylation sites is 1. The van der Waals surface area contributed by atoms with Crippen LogP contribution in [0.3, 0.4) is 0 Å². The first-order valence-corrected chi connectivity index (χ1v) is 8.66. The molecule has 0 atom stereocenters. The van der Waals surface area contributed by atoms with Crippen LogP contribution >= 0.6 is 0 Å². The first kappa shape index (κ1) is 18.9. The molecule has 5 heteroatoms. The Morgan fingerprint density at radius 3 is 2.60 bits per heavy atom. The van der Waals surface area contributed by atoms with Crippen LogP contribution in [0.25, 0.3) is 5.57 Å². The van der Waals surface area contributed by atoms with Gasteiger partial charge in [0.05, 0.1) is 5.69 Å². The molecule has 2 rings (SSSR count). The molecule has 0 aliphatic carbocycles. The molecule has 4 nitrogen and oxygen atoms in total. The molecule has 1 heterocycles. The summed E-state index contributed by atoms with van der Waals surface area (Å²) in [6.45, 7) is 8.02. The van der Waals surface area contributed by atoms with E-state index in [4.69, 9.17) is 0 Å².